The third-order valence-electron chi connectivity index (χ3n) is 6.77. The predicted octanol–water partition coefficient (Wildman–Crippen LogP) is 4.80. The number of nitrogens with zero attached hydrogens (tertiary/aromatic N) is 5. The van der Waals surface area contributed by atoms with Crippen LogP contribution in [-0.2, 0) is 15.4 Å². The fourth-order valence-electron chi connectivity index (χ4n) is 4.57. The van der Waals surface area contributed by atoms with E-state index >= 15 is 0 Å². The molecule has 1 N–H and O–H groups in total. The number of nitrogens with one attached hydrogen (secondary N) is 1. The Bertz CT molecular complexity index is 985. The van der Waals surface area contributed by atoms with E-state index < -0.39 is 5.92 Å². The van der Waals surface area contributed by atoms with Crippen molar-refractivity contribution in [2.45, 2.75) is 85.0 Å². The summed E-state index contributed by atoms with van der Waals surface area (Å²) in [4.78, 5) is 15.0. The summed E-state index contributed by atoms with van der Waals surface area (Å²) in [6.45, 7) is 25.6. The van der Waals surface area contributed by atoms with Crippen LogP contribution >= 0.6 is 0 Å². The lowest BCUT2D eigenvalue weighted by atomic mass is 10.1. The first-order chi connectivity index (χ1) is 17.7. The molecule has 0 saturated carbocycles. The van der Waals surface area contributed by atoms with Gasteiger partial charge in [0.2, 0.25) is 5.95 Å². The van der Waals surface area contributed by atoms with Gasteiger partial charge in [0.15, 0.2) is 5.88 Å². The second kappa shape index (κ2) is 12.1. The zero-order valence-electron chi connectivity index (χ0n) is 24.2. The fourth-order valence-corrected chi connectivity index (χ4v) is 4.57. The molecule has 8 nitrogen and oxygen atoms in total. The van der Waals surface area contributed by atoms with Crippen LogP contribution < -0.4 is 15.1 Å². The van der Waals surface area contributed by atoms with Crippen molar-refractivity contribution < 1.29 is 18.3 Å². The van der Waals surface area contributed by atoms with E-state index in [-0.39, 0.29) is 23.4 Å². The van der Waals surface area contributed by atoms with Crippen LogP contribution in [0.2, 0.25) is 0 Å². The molecule has 3 heterocycles. The van der Waals surface area contributed by atoms with Crippen LogP contribution in [0.1, 0.15) is 65.6 Å². The SMILES string of the molecule is C=C(COC1CN(c2nc(N3CC[C@@H]3C)nc(C(C)(F)F)c2C)C1)NCCN(CCC)C(=C)OC(C)(C)C. The van der Waals surface area contributed by atoms with Gasteiger partial charge in [-0.2, -0.15) is 13.8 Å². The van der Waals surface area contributed by atoms with Gasteiger partial charge in [0.25, 0.3) is 5.92 Å². The van der Waals surface area contributed by atoms with E-state index in [1.165, 1.54) is 0 Å². The minimum absolute atomic E-state index is 0.0172. The number of rotatable bonds is 14. The Morgan fingerprint density at radius 2 is 1.84 bits per heavy atom. The number of halogens is 2. The van der Waals surface area contributed by atoms with Gasteiger partial charge in [-0.15, -0.1) is 0 Å². The summed E-state index contributed by atoms with van der Waals surface area (Å²) in [5.74, 6) is -1.41. The van der Waals surface area contributed by atoms with Crippen molar-refractivity contribution in [3.05, 3.63) is 36.0 Å². The first-order valence-corrected chi connectivity index (χ1v) is 13.6. The molecule has 0 bridgehead atoms. The minimum Gasteiger partial charge on any atom is -0.474 e. The summed E-state index contributed by atoms with van der Waals surface area (Å²) in [6.07, 6.45) is 1.99. The third-order valence-corrected chi connectivity index (χ3v) is 6.77. The average molecular weight is 537 g/mol. The van der Waals surface area contributed by atoms with Crippen LogP contribution in [0.4, 0.5) is 20.5 Å². The normalized spacial score (nSPS) is 18.1. The Balaban J connectivity index is 1.48. The lowest BCUT2D eigenvalue weighted by Gasteiger charge is -2.43. The molecule has 2 aliphatic heterocycles. The van der Waals surface area contributed by atoms with Crippen LogP contribution in [0.3, 0.4) is 0 Å². The van der Waals surface area contributed by atoms with Crippen molar-refractivity contribution in [2.24, 2.45) is 0 Å². The number of alkyl halides is 2. The molecule has 1 aromatic rings. The molecule has 10 heteroatoms. The number of aromatic nitrogens is 2. The fraction of sp³-hybridized carbons (Fsp3) is 0.714. The van der Waals surface area contributed by atoms with Gasteiger partial charge in [-0.25, -0.2) is 4.98 Å². The number of hydrogen-bond donors (Lipinski definition) is 1. The van der Waals surface area contributed by atoms with Gasteiger partial charge in [0.05, 0.1) is 12.7 Å². The molecule has 0 aromatic carbocycles. The Morgan fingerprint density at radius 1 is 1.16 bits per heavy atom. The Kier molecular flexibility index (Phi) is 9.49. The molecule has 0 amide bonds. The number of ether oxygens (including phenoxy) is 2. The molecule has 0 spiro atoms. The summed E-state index contributed by atoms with van der Waals surface area (Å²) in [7, 11) is 0. The highest BCUT2D eigenvalue weighted by molar-refractivity contribution is 5.56. The maximum Gasteiger partial charge on any atom is 0.287 e. The van der Waals surface area contributed by atoms with E-state index in [0.717, 1.165) is 45.1 Å². The third kappa shape index (κ3) is 7.71. The molecular formula is C28H46F2N6O2. The molecule has 2 fully saturated rings. The molecule has 214 valence electrons. The summed E-state index contributed by atoms with van der Waals surface area (Å²) in [5.41, 5.74) is 0.726. The maximum absolute atomic E-state index is 14.4. The van der Waals surface area contributed by atoms with Crippen molar-refractivity contribution in [3.8, 4) is 0 Å². The molecule has 2 aliphatic rings. The van der Waals surface area contributed by atoms with E-state index in [0.29, 0.717) is 49.5 Å². The van der Waals surface area contributed by atoms with E-state index in [1.54, 1.807) is 6.92 Å². The lowest BCUT2D eigenvalue weighted by Crippen LogP contribution is -2.54. The number of anilines is 2. The topological polar surface area (TPSA) is 66.0 Å². The maximum atomic E-state index is 14.4. The highest BCUT2D eigenvalue weighted by Gasteiger charge is 2.37. The zero-order valence-corrected chi connectivity index (χ0v) is 24.2. The Hall–Kier alpha value is -2.62. The zero-order chi connectivity index (χ0) is 28.3. The van der Waals surface area contributed by atoms with Crippen molar-refractivity contribution in [3.63, 3.8) is 0 Å². The van der Waals surface area contributed by atoms with Crippen molar-refractivity contribution in [1.82, 2.24) is 20.2 Å². The molecular weight excluding hydrogens is 490 g/mol. The lowest BCUT2D eigenvalue weighted by molar-refractivity contribution is 0.00310. The van der Waals surface area contributed by atoms with E-state index in [1.807, 2.05) is 30.6 Å². The van der Waals surface area contributed by atoms with Gasteiger partial charge in [-0.1, -0.05) is 13.5 Å². The quantitative estimate of drug-likeness (QED) is 0.340. The monoisotopic (exact) mass is 536 g/mol. The molecule has 1 aromatic heterocycles. The molecule has 0 aliphatic carbocycles. The summed E-state index contributed by atoms with van der Waals surface area (Å²) < 4.78 is 40.7. The highest BCUT2D eigenvalue weighted by atomic mass is 19.3. The van der Waals surface area contributed by atoms with Gasteiger partial charge in [0, 0.05) is 63.5 Å². The molecule has 0 radical (unpaired) electrons. The average Bonchev–Trinajstić information content (AvgIpc) is 2.76. The Morgan fingerprint density at radius 3 is 2.37 bits per heavy atom. The van der Waals surface area contributed by atoms with Gasteiger partial charge in [-0.3, -0.25) is 0 Å². The van der Waals surface area contributed by atoms with Gasteiger partial charge < -0.3 is 29.5 Å². The molecule has 3 rings (SSSR count). The molecule has 0 unspecified atom stereocenters. The highest BCUT2D eigenvalue weighted by Crippen LogP contribution is 2.36. The largest absolute Gasteiger partial charge is 0.474 e. The Labute approximate surface area is 227 Å². The van der Waals surface area contributed by atoms with Crippen LogP contribution in [0.15, 0.2) is 24.7 Å². The van der Waals surface area contributed by atoms with Crippen LogP contribution in [0.25, 0.3) is 0 Å². The molecule has 2 saturated heterocycles. The summed E-state index contributed by atoms with van der Waals surface area (Å²) in [6, 6.07) is 0.257. The second-order valence-corrected chi connectivity index (χ2v) is 11.5. The summed E-state index contributed by atoms with van der Waals surface area (Å²) in [5, 5.41) is 3.32. The van der Waals surface area contributed by atoms with Crippen molar-refractivity contribution in [1.29, 1.82) is 0 Å². The first-order valence-electron chi connectivity index (χ1n) is 13.6. The van der Waals surface area contributed by atoms with E-state index in [9.17, 15) is 8.78 Å². The van der Waals surface area contributed by atoms with Gasteiger partial charge in [-0.05, 0) is 54.0 Å². The van der Waals surface area contributed by atoms with E-state index in [2.05, 4.69) is 47.2 Å². The predicted molar refractivity (Wildman–Crippen MR) is 149 cm³/mol. The van der Waals surface area contributed by atoms with Crippen molar-refractivity contribution >= 4 is 11.8 Å². The summed E-state index contributed by atoms with van der Waals surface area (Å²) >= 11 is 0. The van der Waals surface area contributed by atoms with Crippen LogP contribution in [0, 0.1) is 6.92 Å². The van der Waals surface area contributed by atoms with Gasteiger partial charge in [0.1, 0.15) is 17.1 Å². The van der Waals surface area contributed by atoms with Crippen LogP contribution in [0.5, 0.6) is 0 Å². The number of hydrogen-bond acceptors (Lipinski definition) is 8. The molecule has 38 heavy (non-hydrogen) atoms. The first kappa shape index (κ1) is 29.9. The van der Waals surface area contributed by atoms with Crippen LogP contribution in [-0.4, -0.2) is 78.5 Å². The standard InChI is InChI=1S/C28H46F2N6O2/c1-10-13-34(22(5)38-27(6,7)8)15-12-31-19(2)18-37-23-16-35(17-23)25-21(4)24(28(9,29)30)32-26(33-25)36-14-11-20(36)3/h20,23,31H,2,5,10-18H2,1,3-4,6-9H3/t20-/m0/s1. The van der Waals surface area contributed by atoms with Gasteiger partial charge >= 0.3 is 0 Å². The van der Waals surface area contributed by atoms with Crippen molar-refractivity contribution in [2.75, 3.05) is 55.7 Å². The minimum atomic E-state index is -3.03. The second-order valence-electron chi connectivity index (χ2n) is 11.5. The smallest absolute Gasteiger partial charge is 0.287 e. The molecule has 1 atom stereocenters. The van der Waals surface area contributed by atoms with E-state index in [4.69, 9.17) is 9.47 Å².